The highest BCUT2D eigenvalue weighted by atomic mass is 32.2. The third kappa shape index (κ3) is 4.10. The molecular formula is C10H18F3NO3S. The lowest BCUT2D eigenvalue weighted by molar-refractivity contribution is -0.134. The number of hydrogen-bond acceptors (Lipinski definition) is 3. The zero-order valence-corrected chi connectivity index (χ0v) is 11.0. The smallest absolute Gasteiger partial charge is 0.389 e. The number of aliphatic hydroxyl groups excluding tert-OH is 1. The molecule has 0 aliphatic carbocycles. The number of halogens is 3. The van der Waals surface area contributed by atoms with Crippen LogP contribution < -0.4 is 0 Å². The van der Waals surface area contributed by atoms with Gasteiger partial charge in [0.2, 0.25) is 10.0 Å². The van der Waals surface area contributed by atoms with Crippen LogP contribution in [0.2, 0.25) is 0 Å². The van der Waals surface area contributed by atoms with E-state index in [4.69, 9.17) is 5.11 Å². The van der Waals surface area contributed by atoms with Gasteiger partial charge in [0, 0.05) is 13.0 Å². The molecule has 0 spiro atoms. The number of alkyl halides is 3. The number of aliphatic hydroxyl groups is 1. The molecule has 1 rings (SSSR count). The second-order valence-electron chi connectivity index (χ2n) is 4.66. The van der Waals surface area contributed by atoms with E-state index in [0.29, 0.717) is 6.42 Å². The fraction of sp³-hybridized carbons (Fsp3) is 1.00. The zero-order valence-electron chi connectivity index (χ0n) is 10.2. The van der Waals surface area contributed by atoms with Crippen molar-refractivity contribution in [2.24, 2.45) is 5.92 Å². The van der Waals surface area contributed by atoms with Gasteiger partial charge in [0.05, 0.1) is 18.4 Å². The van der Waals surface area contributed by atoms with Crippen LogP contribution in [0.3, 0.4) is 0 Å². The summed E-state index contributed by atoms with van der Waals surface area (Å²) in [6.45, 7) is 1.81. The largest absolute Gasteiger partial charge is 0.395 e. The highest BCUT2D eigenvalue weighted by Gasteiger charge is 2.38. The molecular weight excluding hydrogens is 271 g/mol. The summed E-state index contributed by atoms with van der Waals surface area (Å²) in [5.74, 6) is -0.484. The molecule has 8 heteroatoms. The van der Waals surface area contributed by atoms with Crippen molar-refractivity contribution in [3.63, 3.8) is 0 Å². The number of rotatable bonds is 5. The van der Waals surface area contributed by atoms with Gasteiger partial charge in [0.25, 0.3) is 0 Å². The van der Waals surface area contributed by atoms with E-state index in [-0.39, 0.29) is 19.1 Å². The quantitative estimate of drug-likeness (QED) is 0.831. The third-order valence-electron chi connectivity index (χ3n) is 3.24. The highest BCUT2D eigenvalue weighted by Crippen LogP contribution is 2.28. The lowest BCUT2D eigenvalue weighted by Gasteiger charge is -2.24. The number of sulfonamides is 1. The van der Waals surface area contributed by atoms with Crippen LogP contribution in [0.15, 0.2) is 0 Å². The molecule has 1 N–H and O–H groups in total. The Bertz CT molecular complexity index is 369. The Morgan fingerprint density at radius 1 is 1.39 bits per heavy atom. The molecule has 0 radical (unpaired) electrons. The minimum Gasteiger partial charge on any atom is -0.395 e. The van der Waals surface area contributed by atoms with Gasteiger partial charge in [-0.25, -0.2) is 8.42 Å². The van der Waals surface area contributed by atoms with Gasteiger partial charge >= 0.3 is 6.18 Å². The van der Waals surface area contributed by atoms with Crippen LogP contribution in [0, 0.1) is 5.92 Å². The van der Waals surface area contributed by atoms with Crippen molar-refractivity contribution in [3.05, 3.63) is 0 Å². The van der Waals surface area contributed by atoms with Crippen molar-refractivity contribution in [1.29, 1.82) is 0 Å². The summed E-state index contributed by atoms with van der Waals surface area (Å²) in [5, 5.41) is 9.14. The van der Waals surface area contributed by atoms with Crippen molar-refractivity contribution in [2.45, 2.75) is 38.4 Å². The van der Waals surface area contributed by atoms with E-state index in [9.17, 15) is 21.6 Å². The molecule has 108 valence electrons. The molecule has 1 aliphatic heterocycles. The Hall–Kier alpha value is -0.340. The van der Waals surface area contributed by atoms with Gasteiger partial charge in [-0.1, -0.05) is 6.92 Å². The van der Waals surface area contributed by atoms with Gasteiger partial charge in [-0.05, 0) is 18.8 Å². The molecule has 0 aromatic carbocycles. The molecule has 0 bridgehead atoms. The maximum atomic E-state index is 12.0. The van der Waals surface area contributed by atoms with Gasteiger partial charge in [0.1, 0.15) is 0 Å². The van der Waals surface area contributed by atoms with Gasteiger partial charge in [-0.2, -0.15) is 17.5 Å². The summed E-state index contributed by atoms with van der Waals surface area (Å²) in [7, 11) is -3.70. The Morgan fingerprint density at radius 2 is 2.00 bits per heavy atom. The van der Waals surface area contributed by atoms with Gasteiger partial charge in [0.15, 0.2) is 0 Å². The van der Waals surface area contributed by atoms with E-state index in [1.807, 2.05) is 6.92 Å². The monoisotopic (exact) mass is 289 g/mol. The molecule has 0 aromatic rings. The molecule has 4 nitrogen and oxygen atoms in total. The zero-order chi connectivity index (χ0) is 14.0. The van der Waals surface area contributed by atoms with Gasteiger partial charge in [-0.3, -0.25) is 0 Å². The maximum absolute atomic E-state index is 12.0. The number of nitrogens with zero attached hydrogens (tertiary/aromatic N) is 1. The first-order chi connectivity index (χ1) is 8.17. The molecule has 1 fully saturated rings. The summed E-state index contributed by atoms with van der Waals surface area (Å²) < 4.78 is 60.8. The van der Waals surface area contributed by atoms with Crippen LogP contribution in [-0.2, 0) is 10.0 Å². The predicted molar refractivity (Wildman–Crippen MR) is 60.4 cm³/mol. The molecule has 1 heterocycles. The molecule has 2 unspecified atom stereocenters. The minimum atomic E-state index is -4.33. The predicted octanol–water partition coefficient (Wildman–Crippen LogP) is 1.36. The van der Waals surface area contributed by atoms with E-state index in [0.717, 1.165) is 4.31 Å². The van der Waals surface area contributed by atoms with Crippen LogP contribution >= 0.6 is 0 Å². The van der Waals surface area contributed by atoms with Crippen molar-refractivity contribution >= 4 is 10.0 Å². The summed E-state index contributed by atoms with van der Waals surface area (Å²) in [4.78, 5) is 0. The Balaban J connectivity index is 2.59. The van der Waals surface area contributed by atoms with E-state index in [2.05, 4.69) is 0 Å². The standard InChI is InChI=1S/C10H18F3NO3S/c1-8-3-5-14(9(8)7-15)18(16,17)6-2-4-10(11,12)13/h8-9,15H,2-7H2,1H3. The lowest BCUT2D eigenvalue weighted by atomic mass is 10.0. The Kier molecular flexibility index (Phi) is 5.02. The summed E-state index contributed by atoms with van der Waals surface area (Å²) in [5.41, 5.74) is 0. The second kappa shape index (κ2) is 5.75. The Morgan fingerprint density at radius 3 is 2.50 bits per heavy atom. The van der Waals surface area contributed by atoms with Crippen molar-refractivity contribution in [1.82, 2.24) is 4.31 Å². The van der Waals surface area contributed by atoms with Crippen LogP contribution in [0.1, 0.15) is 26.2 Å². The van der Waals surface area contributed by atoms with Crippen LogP contribution in [0.4, 0.5) is 13.2 Å². The summed E-state index contributed by atoms with van der Waals surface area (Å²) >= 11 is 0. The van der Waals surface area contributed by atoms with Crippen LogP contribution in [0.25, 0.3) is 0 Å². The fourth-order valence-electron chi connectivity index (χ4n) is 2.16. The number of hydrogen-bond donors (Lipinski definition) is 1. The molecule has 1 saturated heterocycles. The van der Waals surface area contributed by atoms with Crippen LogP contribution in [-0.4, -0.2) is 49.0 Å². The van der Waals surface area contributed by atoms with Crippen molar-refractivity contribution < 1.29 is 26.7 Å². The second-order valence-corrected chi connectivity index (χ2v) is 6.70. The van der Waals surface area contributed by atoms with Crippen LogP contribution in [0.5, 0.6) is 0 Å². The SMILES string of the molecule is CC1CCN(S(=O)(=O)CCCC(F)(F)F)C1CO. The minimum absolute atomic E-state index is 0.0346. The molecule has 0 amide bonds. The molecule has 0 saturated carbocycles. The fourth-order valence-corrected chi connectivity index (χ4v) is 3.98. The highest BCUT2D eigenvalue weighted by molar-refractivity contribution is 7.89. The van der Waals surface area contributed by atoms with E-state index < -0.39 is 40.8 Å². The van der Waals surface area contributed by atoms with Gasteiger partial charge in [-0.15, -0.1) is 0 Å². The normalized spacial score (nSPS) is 26.7. The molecule has 1 aliphatic rings. The van der Waals surface area contributed by atoms with E-state index in [1.165, 1.54) is 0 Å². The first-order valence-electron chi connectivity index (χ1n) is 5.84. The molecule has 18 heavy (non-hydrogen) atoms. The topological polar surface area (TPSA) is 57.6 Å². The van der Waals surface area contributed by atoms with Crippen molar-refractivity contribution in [3.8, 4) is 0 Å². The molecule has 0 aromatic heterocycles. The first kappa shape index (κ1) is 15.7. The summed E-state index contributed by atoms with van der Waals surface area (Å²) in [6.07, 6.45) is -5.23. The maximum Gasteiger partial charge on any atom is 0.389 e. The Labute approximate surface area is 105 Å². The van der Waals surface area contributed by atoms with E-state index >= 15 is 0 Å². The molecule has 2 atom stereocenters. The van der Waals surface area contributed by atoms with E-state index in [1.54, 1.807) is 0 Å². The van der Waals surface area contributed by atoms with Crippen molar-refractivity contribution in [2.75, 3.05) is 18.9 Å². The van der Waals surface area contributed by atoms with Gasteiger partial charge < -0.3 is 5.11 Å². The average molecular weight is 289 g/mol. The average Bonchev–Trinajstić information content (AvgIpc) is 2.57. The lowest BCUT2D eigenvalue weighted by Crippen LogP contribution is -2.41. The first-order valence-corrected chi connectivity index (χ1v) is 7.45. The summed E-state index contributed by atoms with van der Waals surface area (Å²) in [6, 6.07) is -0.499. The third-order valence-corrected chi connectivity index (χ3v) is 5.21.